The first kappa shape index (κ1) is 18.9. The fraction of sp³-hybridized carbons (Fsp3) is 0.625. The summed E-state index contributed by atoms with van der Waals surface area (Å²) in [5.74, 6) is -5.25. The molecule has 0 amide bonds. The van der Waals surface area contributed by atoms with E-state index in [0.29, 0.717) is 0 Å². The molecule has 0 aliphatic rings. The van der Waals surface area contributed by atoms with Crippen molar-refractivity contribution in [2.45, 2.75) is 31.8 Å². The number of carboxylic acids is 3. The lowest BCUT2D eigenvalue weighted by atomic mass is 9.98. The normalized spacial score (nSPS) is 14.1. The molecule has 0 saturated heterocycles. The molecule has 9 nitrogen and oxygen atoms in total. The lowest BCUT2D eigenvalue weighted by Crippen LogP contribution is -2.41. The molecule has 0 radical (unpaired) electrons. The first-order valence-corrected chi connectivity index (χ1v) is 5.87. The number of aliphatic carboxylic acids is 3. The zero-order valence-electron chi connectivity index (χ0n) is 8.44. The summed E-state index contributed by atoms with van der Waals surface area (Å²) < 4.78 is 11.1. The summed E-state index contributed by atoms with van der Waals surface area (Å²) in [5.41, 5.74) is 0. The highest BCUT2D eigenvalue weighted by Gasteiger charge is 2.55. The van der Waals surface area contributed by atoms with E-state index in [2.05, 4.69) is 0 Å². The highest BCUT2D eigenvalue weighted by molar-refractivity contribution is 7.54. The Labute approximate surface area is 102 Å². The second-order valence-electron chi connectivity index (χ2n) is 3.35. The maximum atomic E-state index is 11.1. The predicted octanol–water partition coefficient (Wildman–Crippen LogP) is -0.0369. The van der Waals surface area contributed by atoms with Gasteiger partial charge >= 0.3 is 25.5 Å². The molecule has 0 aliphatic heterocycles. The highest BCUT2D eigenvalue weighted by Crippen LogP contribution is 2.55. The molecular formula is C8H15O9P. The Balaban J connectivity index is 0. The summed E-state index contributed by atoms with van der Waals surface area (Å²) in [7, 11) is -5.32. The van der Waals surface area contributed by atoms with Gasteiger partial charge in [0.1, 0.15) is 0 Å². The Morgan fingerprint density at radius 1 is 1.00 bits per heavy atom. The molecule has 0 fully saturated rings. The molecule has 0 aromatic carbocycles. The molecule has 0 saturated carbocycles. The van der Waals surface area contributed by atoms with Crippen molar-refractivity contribution >= 4 is 25.5 Å². The standard InChI is InChI=1S/C7H11O9P.CH4/c8-4(9)1-2-7(6(12)13,3-5(10)11)17(14,15)16;/h1-3H2,(H,8,9)(H,10,11)(H,12,13)(H2,14,15,16);1H4. The van der Waals surface area contributed by atoms with Gasteiger partial charge in [-0.2, -0.15) is 0 Å². The minimum atomic E-state index is -5.32. The molecule has 0 bridgehead atoms. The molecule has 5 N–H and O–H groups in total. The average Bonchev–Trinajstić information content (AvgIpc) is 2.08. The van der Waals surface area contributed by atoms with Gasteiger partial charge in [-0.3, -0.25) is 18.9 Å². The largest absolute Gasteiger partial charge is 0.481 e. The van der Waals surface area contributed by atoms with Crippen molar-refractivity contribution < 1.29 is 44.1 Å². The third-order valence-electron chi connectivity index (χ3n) is 2.15. The smallest absolute Gasteiger partial charge is 0.343 e. The van der Waals surface area contributed by atoms with E-state index >= 15 is 0 Å². The van der Waals surface area contributed by atoms with Crippen molar-refractivity contribution in [3.8, 4) is 0 Å². The van der Waals surface area contributed by atoms with Crippen LogP contribution in [0.4, 0.5) is 0 Å². The van der Waals surface area contributed by atoms with E-state index in [9.17, 15) is 18.9 Å². The number of carbonyl (C=O) groups is 3. The first-order valence-electron chi connectivity index (χ1n) is 4.25. The quantitative estimate of drug-likeness (QED) is 0.403. The van der Waals surface area contributed by atoms with Gasteiger partial charge in [-0.05, 0) is 6.42 Å². The van der Waals surface area contributed by atoms with Crippen LogP contribution in [-0.4, -0.2) is 48.2 Å². The molecule has 0 aromatic rings. The Morgan fingerprint density at radius 2 is 1.44 bits per heavy atom. The van der Waals surface area contributed by atoms with E-state index in [0.717, 1.165) is 0 Å². The van der Waals surface area contributed by atoms with Crippen molar-refractivity contribution in [3.63, 3.8) is 0 Å². The van der Waals surface area contributed by atoms with E-state index in [4.69, 9.17) is 25.1 Å². The van der Waals surface area contributed by atoms with Crippen LogP contribution in [-0.2, 0) is 18.9 Å². The van der Waals surface area contributed by atoms with E-state index in [1.165, 1.54) is 0 Å². The third kappa shape index (κ3) is 4.44. The third-order valence-corrected chi connectivity index (χ3v) is 3.84. The molecule has 18 heavy (non-hydrogen) atoms. The van der Waals surface area contributed by atoms with Gasteiger partial charge in [-0.25, -0.2) is 0 Å². The van der Waals surface area contributed by atoms with Crippen LogP contribution in [0.1, 0.15) is 26.7 Å². The molecule has 0 heterocycles. The summed E-state index contributed by atoms with van der Waals surface area (Å²) in [4.78, 5) is 49.5. The second-order valence-corrected chi connectivity index (χ2v) is 5.29. The number of hydrogen-bond donors (Lipinski definition) is 5. The summed E-state index contributed by atoms with van der Waals surface area (Å²) in [6.07, 6.45) is -3.17. The molecule has 0 aliphatic carbocycles. The molecular weight excluding hydrogens is 271 g/mol. The van der Waals surface area contributed by atoms with Crippen molar-refractivity contribution in [2.75, 3.05) is 0 Å². The van der Waals surface area contributed by atoms with Crippen LogP contribution in [0.2, 0.25) is 0 Å². The first-order chi connectivity index (χ1) is 7.53. The molecule has 0 spiro atoms. The van der Waals surface area contributed by atoms with Crippen LogP contribution in [0, 0.1) is 0 Å². The molecule has 0 aromatic heterocycles. The summed E-state index contributed by atoms with van der Waals surface area (Å²) in [5, 5.41) is 22.7. The van der Waals surface area contributed by atoms with Crippen LogP contribution >= 0.6 is 7.60 Å². The van der Waals surface area contributed by atoms with Gasteiger partial charge in [0.2, 0.25) is 0 Å². The summed E-state index contributed by atoms with van der Waals surface area (Å²) in [6, 6.07) is 0. The van der Waals surface area contributed by atoms with Gasteiger partial charge < -0.3 is 25.1 Å². The maximum absolute atomic E-state index is 11.1. The Kier molecular flexibility index (Phi) is 6.81. The maximum Gasteiger partial charge on any atom is 0.343 e. The number of hydrogen-bond acceptors (Lipinski definition) is 4. The van der Waals surface area contributed by atoms with E-state index in [-0.39, 0.29) is 7.43 Å². The van der Waals surface area contributed by atoms with Gasteiger partial charge in [-0.15, -0.1) is 0 Å². The fourth-order valence-electron chi connectivity index (χ4n) is 1.21. The Hall–Kier alpha value is -1.44. The summed E-state index contributed by atoms with van der Waals surface area (Å²) in [6.45, 7) is 0. The average molecular weight is 286 g/mol. The monoisotopic (exact) mass is 286 g/mol. The van der Waals surface area contributed by atoms with Gasteiger partial charge in [0.05, 0.1) is 6.42 Å². The molecule has 10 heteroatoms. The van der Waals surface area contributed by atoms with Crippen LogP contribution in [0.25, 0.3) is 0 Å². The van der Waals surface area contributed by atoms with Crippen molar-refractivity contribution in [1.82, 2.24) is 0 Å². The van der Waals surface area contributed by atoms with Crippen LogP contribution in [0.5, 0.6) is 0 Å². The molecule has 1 atom stereocenters. The van der Waals surface area contributed by atoms with Gasteiger partial charge in [0.15, 0.2) is 5.16 Å². The minimum absolute atomic E-state index is 0. The molecule has 1 unspecified atom stereocenters. The van der Waals surface area contributed by atoms with Crippen molar-refractivity contribution in [2.24, 2.45) is 0 Å². The topological polar surface area (TPSA) is 169 Å². The summed E-state index contributed by atoms with van der Waals surface area (Å²) >= 11 is 0. The van der Waals surface area contributed by atoms with Crippen molar-refractivity contribution in [1.29, 1.82) is 0 Å². The van der Waals surface area contributed by atoms with Gasteiger partial charge in [-0.1, -0.05) is 7.43 Å². The predicted molar refractivity (Wildman–Crippen MR) is 58.3 cm³/mol. The number of rotatable bonds is 7. The Bertz CT molecular complexity index is 384. The van der Waals surface area contributed by atoms with Crippen LogP contribution in [0.15, 0.2) is 0 Å². The Morgan fingerprint density at radius 3 is 1.67 bits per heavy atom. The zero-order chi connectivity index (χ0) is 13.9. The zero-order valence-corrected chi connectivity index (χ0v) is 9.33. The van der Waals surface area contributed by atoms with Gasteiger partial charge in [0, 0.05) is 6.42 Å². The SMILES string of the molecule is C.O=C(O)CCC(CC(=O)O)(C(=O)O)P(=O)(O)O. The minimum Gasteiger partial charge on any atom is -0.481 e. The molecule has 106 valence electrons. The molecule has 0 rings (SSSR count). The second kappa shape index (κ2) is 6.48. The van der Waals surface area contributed by atoms with Gasteiger partial charge in [0.25, 0.3) is 0 Å². The highest BCUT2D eigenvalue weighted by atomic mass is 31.2. The fourth-order valence-corrected chi connectivity index (χ4v) is 2.20. The van der Waals surface area contributed by atoms with E-state index < -0.39 is 49.9 Å². The lowest BCUT2D eigenvalue weighted by Gasteiger charge is -2.27. The van der Waals surface area contributed by atoms with Crippen molar-refractivity contribution in [3.05, 3.63) is 0 Å². The van der Waals surface area contributed by atoms with Crippen LogP contribution in [0.3, 0.4) is 0 Å². The van der Waals surface area contributed by atoms with Crippen LogP contribution < -0.4 is 0 Å². The van der Waals surface area contributed by atoms with E-state index in [1.807, 2.05) is 0 Å². The lowest BCUT2D eigenvalue weighted by molar-refractivity contribution is -0.148. The van der Waals surface area contributed by atoms with E-state index in [1.54, 1.807) is 0 Å². The number of carboxylic acid groups (broad SMARTS) is 3.